The van der Waals surface area contributed by atoms with Crippen LogP contribution in [0.4, 0.5) is 0 Å². The maximum Gasteiger partial charge on any atom is 0.217 e. The molecule has 0 saturated heterocycles. The van der Waals surface area contributed by atoms with E-state index in [9.17, 15) is 9.90 Å². The maximum absolute atomic E-state index is 11.1. The van der Waals surface area contributed by atoms with Crippen molar-refractivity contribution in [3.63, 3.8) is 0 Å². The molecule has 0 saturated carbocycles. The van der Waals surface area contributed by atoms with E-state index >= 15 is 0 Å². The van der Waals surface area contributed by atoms with Crippen molar-refractivity contribution in [3.8, 4) is 0 Å². The molecule has 0 fully saturated rings. The second kappa shape index (κ2) is 5.12. The number of aliphatic hydroxyl groups excluding tert-OH is 1. The van der Waals surface area contributed by atoms with Crippen molar-refractivity contribution in [1.82, 2.24) is 5.32 Å². The molecule has 0 aliphatic rings. The number of rotatable bonds is 3. The minimum Gasteiger partial charge on any atom is -0.394 e. The van der Waals surface area contributed by atoms with E-state index in [1.807, 2.05) is 20.8 Å². The first-order chi connectivity index (χ1) is 7.45. The number of amides is 1. The van der Waals surface area contributed by atoms with Gasteiger partial charge in [-0.15, -0.1) is 0 Å². The van der Waals surface area contributed by atoms with Gasteiger partial charge in [0.25, 0.3) is 0 Å². The normalized spacial score (nSPS) is 12.3. The molecular formula is C13H19NO2. The van der Waals surface area contributed by atoms with E-state index in [4.69, 9.17) is 0 Å². The number of hydrogen-bond donors (Lipinski definition) is 2. The van der Waals surface area contributed by atoms with Crippen molar-refractivity contribution in [1.29, 1.82) is 0 Å². The molecule has 0 bridgehead atoms. The Hall–Kier alpha value is -1.35. The van der Waals surface area contributed by atoms with Crippen molar-refractivity contribution in [2.75, 3.05) is 6.61 Å². The van der Waals surface area contributed by atoms with Crippen LogP contribution in [-0.2, 0) is 4.79 Å². The molecular weight excluding hydrogens is 202 g/mol. The largest absolute Gasteiger partial charge is 0.394 e. The van der Waals surface area contributed by atoms with E-state index in [2.05, 4.69) is 17.4 Å². The van der Waals surface area contributed by atoms with Crippen molar-refractivity contribution in [2.45, 2.75) is 33.7 Å². The van der Waals surface area contributed by atoms with Crippen LogP contribution in [0.1, 0.15) is 35.2 Å². The monoisotopic (exact) mass is 221 g/mol. The van der Waals surface area contributed by atoms with Crippen LogP contribution in [0, 0.1) is 20.8 Å². The standard InChI is InChI=1S/C13H19NO2/c1-8-5-9(2)13(10(3)6-8)12(7-15)14-11(4)16/h5-6,12,15H,7H2,1-4H3,(H,14,16). The molecule has 1 aromatic carbocycles. The van der Waals surface area contributed by atoms with Crippen molar-refractivity contribution in [2.24, 2.45) is 0 Å². The van der Waals surface area contributed by atoms with Crippen molar-refractivity contribution >= 4 is 5.91 Å². The van der Waals surface area contributed by atoms with Crippen molar-refractivity contribution in [3.05, 3.63) is 34.4 Å². The second-order valence-corrected chi connectivity index (χ2v) is 4.25. The van der Waals surface area contributed by atoms with Gasteiger partial charge < -0.3 is 10.4 Å². The molecule has 3 heteroatoms. The van der Waals surface area contributed by atoms with Gasteiger partial charge in [0.05, 0.1) is 12.6 Å². The predicted molar refractivity (Wildman–Crippen MR) is 64.3 cm³/mol. The zero-order chi connectivity index (χ0) is 12.3. The van der Waals surface area contributed by atoms with Crippen LogP contribution in [0.25, 0.3) is 0 Å². The summed E-state index contributed by atoms with van der Waals surface area (Å²) in [5.41, 5.74) is 4.41. The van der Waals surface area contributed by atoms with Gasteiger partial charge >= 0.3 is 0 Å². The fourth-order valence-corrected chi connectivity index (χ4v) is 2.20. The lowest BCUT2D eigenvalue weighted by molar-refractivity contribution is -0.120. The fourth-order valence-electron chi connectivity index (χ4n) is 2.20. The summed E-state index contributed by atoms with van der Waals surface area (Å²) in [5.74, 6) is -0.126. The molecule has 0 aromatic heterocycles. The lowest BCUT2D eigenvalue weighted by atomic mass is 9.94. The number of nitrogens with one attached hydrogen (secondary N) is 1. The third kappa shape index (κ3) is 2.83. The summed E-state index contributed by atoms with van der Waals surface area (Å²) in [5, 5.41) is 12.1. The fraction of sp³-hybridized carbons (Fsp3) is 0.462. The Labute approximate surface area is 96.5 Å². The van der Waals surface area contributed by atoms with Gasteiger partial charge in [0.1, 0.15) is 0 Å². The number of carbonyl (C=O) groups excluding carboxylic acids is 1. The third-order valence-electron chi connectivity index (χ3n) is 2.65. The minimum absolute atomic E-state index is 0.0790. The molecule has 1 unspecified atom stereocenters. The van der Waals surface area contributed by atoms with Crippen LogP contribution in [0.2, 0.25) is 0 Å². The first-order valence-electron chi connectivity index (χ1n) is 5.41. The Morgan fingerprint density at radius 3 is 2.19 bits per heavy atom. The van der Waals surface area contributed by atoms with Gasteiger partial charge in [0.2, 0.25) is 5.91 Å². The molecule has 0 radical (unpaired) electrons. The second-order valence-electron chi connectivity index (χ2n) is 4.25. The van der Waals surface area contributed by atoms with E-state index in [1.54, 1.807) is 0 Å². The average molecular weight is 221 g/mol. The Balaban J connectivity index is 3.14. The number of benzene rings is 1. The average Bonchev–Trinajstić information content (AvgIpc) is 2.13. The highest BCUT2D eigenvalue weighted by Crippen LogP contribution is 2.23. The van der Waals surface area contributed by atoms with Crippen LogP contribution in [-0.4, -0.2) is 17.6 Å². The zero-order valence-electron chi connectivity index (χ0n) is 10.3. The molecule has 16 heavy (non-hydrogen) atoms. The zero-order valence-corrected chi connectivity index (χ0v) is 10.3. The van der Waals surface area contributed by atoms with Gasteiger partial charge in [0.15, 0.2) is 0 Å². The molecule has 1 rings (SSSR count). The van der Waals surface area contributed by atoms with Gasteiger partial charge in [-0.25, -0.2) is 0 Å². The summed E-state index contributed by atoms with van der Waals surface area (Å²) in [6.07, 6.45) is 0. The molecule has 0 heterocycles. The summed E-state index contributed by atoms with van der Waals surface area (Å²) < 4.78 is 0. The molecule has 0 aliphatic carbocycles. The summed E-state index contributed by atoms with van der Waals surface area (Å²) in [6, 6.07) is 3.82. The molecule has 2 N–H and O–H groups in total. The molecule has 0 aliphatic heterocycles. The number of hydrogen-bond acceptors (Lipinski definition) is 2. The first kappa shape index (κ1) is 12.7. The van der Waals surface area contributed by atoms with E-state index in [0.717, 1.165) is 16.7 Å². The molecule has 1 aromatic rings. The highest BCUT2D eigenvalue weighted by Gasteiger charge is 2.16. The van der Waals surface area contributed by atoms with Gasteiger partial charge in [-0.05, 0) is 37.5 Å². The Bertz CT molecular complexity index is 376. The molecule has 3 nitrogen and oxygen atoms in total. The maximum atomic E-state index is 11.1. The molecule has 0 spiro atoms. The number of aryl methyl sites for hydroxylation is 3. The summed E-state index contributed by atoms with van der Waals surface area (Å²) in [6.45, 7) is 7.42. The molecule has 1 atom stereocenters. The van der Waals surface area contributed by atoms with Crippen molar-refractivity contribution < 1.29 is 9.90 Å². The van der Waals surface area contributed by atoms with Crippen LogP contribution in [0.3, 0.4) is 0 Å². The lowest BCUT2D eigenvalue weighted by Crippen LogP contribution is -2.29. The van der Waals surface area contributed by atoms with Crippen LogP contribution >= 0.6 is 0 Å². The number of aliphatic hydroxyl groups is 1. The lowest BCUT2D eigenvalue weighted by Gasteiger charge is -2.20. The topological polar surface area (TPSA) is 49.3 Å². The predicted octanol–water partition coefficient (Wildman–Crippen LogP) is 1.78. The SMILES string of the molecule is CC(=O)NC(CO)c1c(C)cc(C)cc1C. The molecule has 88 valence electrons. The van der Waals surface area contributed by atoms with Gasteiger partial charge in [0, 0.05) is 6.92 Å². The van der Waals surface area contributed by atoms with E-state index in [1.165, 1.54) is 12.5 Å². The highest BCUT2D eigenvalue weighted by molar-refractivity contribution is 5.73. The highest BCUT2D eigenvalue weighted by atomic mass is 16.3. The minimum atomic E-state index is -0.307. The summed E-state index contributed by atoms with van der Waals surface area (Å²) in [7, 11) is 0. The van der Waals surface area contributed by atoms with Gasteiger partial charge in [-0.2, -0.15) is 0 Å². The smallest absolute Gasteiger partial charge is 0.217 e. The third-order valence-corrected chi connectivity index (χ3v) is 2.65. The number of carbonyl (C=O) groups is 1. The summed E-state index contributed by atoms with van der Waals surface area (Å²) >= 11 is 0. The Morgan fingerprint density at radius 2 is 1.81 bits per heavy atom. The van der Waals surface area contributed by atoms with Crippen LogP contribution < -0.4 is 5.32 Å². The van der Waals surface area contributed by atoms with E-state index < -0.39 is 0 Å². The Morgan fingerprint density at radius 1 is 1.31 bits per heavy atom. The molecule has 1 amide bonds. The van der Waals surface area contributed by atoms with E-state index in [-0.39, 0.29) is 18.6 Å². The van der Waals surface area contributed by atoms with Crippen LogP contribution in [0.5, 0.6) is 0 Å². The van der Waals surface area contributed by atoms with Gasteiger partial charge in [-0.1, -0.05) is 17.7 Å². The Kier molecular flexibility index (Phi) is 4.07. The first-order valence-corrected chi connectivity index (χ1v) is 5.41. The van der Waals surface area contributed by atoms with Crippen LogP contribution in [0.15, 0.2) is 12.1 Å². The van der Waals surface area contributed by atoms with E-state index in [0.29, 0.717) is 0 Å². The summed E-state index contributed by atoms with van der Waals surface area (Å²) in [4.78, 5) is 11.1. The quantitative estimate of drug-likeness (QED) is 0.817. The van der Waals surface area contributed by atoms with Gasteiger partial charge in [-0.3, -0.25) is 4.79 Å².